The largest absolute Gasteiger partial charge is 0.316 e. The van der Waals surface area contributed by atoms with Crippen molar-refractivity contribution in [2.24, 2.45) is 5.92 Å². The van der Waals surface area contributed by atoms with E-state index < -0.39 is 0 Å². The molecule has 0 spiro atoms. The second-order valence-corrected chi connectivity index (χ2v) is 3.60. The molecule has 0 aliphatic heterocycles. The summed E-state index contributed by atoms with van der Waals surface area (Å²) >= 11 is 0. The maximum atomic E-state index is 5.13. The normalized spacial score (nSPS) is 10.9. The van der Waals surface area contributed by atoms with E-state index in [1.165, 1.54) is 0 Å². The highest BCUT2D eigenvalue weighted by molar-refractivity contribution is 4.90. The Hall–Kier alpha value is -0.740. The Bertz CT molecular complexity index is 162. The highest BCUT2D eigenvalue weighted by Gasteiger charge is 1.89. The fourth-order valence-corrected chi connectivity index (χ4v) is 0.979. The van der Waals surface area contributed by atoms with Gasteiger partial charge in [-0.15, -0.1) is 12.3 Å². The fraction of sp³-hybridized carbons (Fsp3) is 0.667. The zero-order valence-electron chi connectivity index (χ0n) is 8.84. The smallest absolute Gasteiger partial charge is 0.0121 e. The molecule has 0 saturated carbocycles. The van der Waals surface area contributed by atoms with E-state index >= 15 is 0 Å². The Labute approximate surface area is 82.6 Å². The van der Waals surface area contributed by atoms with Crippen molar-refractivity contribution in [2.45, 2.75) is 33.1 Å². The van der Waals surface area contributed by atoms with E-state index in [0.717, 1.165) is 38.3 Å². The molecule has 0 atom stereocenters. The summed E-state index contributed by atoms with van der Waals surface area (Å²) in [6, 6.07) is 0. The van der Waals surface area contributed by atoms with E-state index in [2.05, 4.69) is 37.2 Å². The molecule has 0 fully saturated rings. The maximum Gasteiger partial charge on any atom is 0.0121 e. The summed E-state index contributed by atoms with van der Waals surface area (Å²) in [5.74, 6) is 3.36. The summed E-state index contributed by atoms with van der Waals surface area (Å²) < 4.78 is 0. The summed E-state index contributed by atoms with van der Waals surface area (Å²) in [4.78, 5) is 0. The first-order chi connectivity index (χ1) is 6.27. The Balaban J connectivity index is 3.07. The number of allylic oxidation sites excluding steroid dienone is 1. The maximum absolute atomic E-state index is 5.13. The van der Waals surface area contributed by atoms with Crippen LogP contribution >= 0.6 is 0 Å². The Kier molecular flexibility index (Phi) is 8.82. The number of unbranched alkanes of at least 4 members (excludes halogenated alkanes) is 1. The third kappa shape index (κ3) is 11.3. The van der Waals surface area contributed by atoms with E-state index in [1.807, 2.05) is 0 Å². The van der Waals surface area contributed by atoms with Crippen LogP contribution in [0.1, 0.15) is 33.1 Å². The van der Waals surface area contributed by atoms with Crippen molar-refractivity contribution in [3.8, 4) is 12.3 Å². The molecular weight excluding hydrogens is 158 g/mol. The third-order valence-corrected chi connectivity index (χ3v) is 1.66. The summed E-state index contributed by atoms with van der Waals surface area (Å²) in [6.45, 7) is 6.62. The molecule has 0 heterocycles. The standard InChI is InChI=1S/C12H21N/c1-4-5-6-7-8-9-10-13-11-12(2)3/h1,7-8,12-13H,5-6,9-11H2,2-3H3. The molecule has 1 heteroatoms. The molecule has 74 valence electrons. The predicted octanol–water partition coefficient (Wildman–Crippen LogP) is 2.59. The van der Waals surface area contributed by atoms with Crippen molar-refractivity contribution in [1.82, 2.24) is 5.32 Å². The molecule has 0 rings (SSSR count). The number of terminal acetylenes is 1. The molecule has 0 bridgehead atoms. The molecule has 0 saturated heterocycles. The van der Waals surface area contributed by atoms with Gasteiger partial charge in [0.2, 0.25) is 0 Å². The van der Waals surface area contributed by atoms with Gasteiger partial charge in [0, 0.05) is 6.42 Å². The van der Waals surface area contributed by atoms with Gasteiger partial charge in [-0.05, 0) is 31.8 Å². The molecule has 0 aromatic carbocycles. The topological polar surface area (TPSA) is 12.0 Å². The van der Waals surface area contributed by atoms with Crippen LogP contribution in [0.2, 0.25) is 0 Å². The summed E-state index contributed by atoms with van der Waals surface area (Å²) in [5, 5.41) is 3.38. The monoisotopic (exact) mass is 179 g/mol. The van der Waals surface area contributed by atoms with Crippen molar-refractivity contribution in [3.63, 3.8) is 0 Å². The van der Waals surface area contributed by atoms with Gasteiger partial charge < -0.3 is 5.32 Å². The van der Waals surface area contributed by atoms with Crippen LogP contribution in [0.25, 0.3) is 0 Å². The van der Waals surface area contributed by atoms with Gasteiger partial charge in [-0.1, -0.05) is 26.0 Å². The van der Waals surface area contributed by atoms with Crippen LogP contribution in [0.4, 0.5) is 0 Å². The number of hydrogen-bond donors (Lipinski definition) is 1. The average molecular weight is 179 g/mol. The molecule has 0 aliphatic rings. The number of rotatable bonds is 7. The highest BCUT2D eigenvalue weighted by atomic mass is 14.8. The van der Waals surface area contributed by atoms with Crippen LogP contribution in [0.3, 0.4) is 0 Å². The fourth-order valence-electron chi connectivity index (χ4n) is 0.979. The molecule has 1 nitrogen and oxygen atoms in total. The van der Waals surface area contributed by atoms with Gasteiger partial charge in [-0.25, -0.2) is 0 Å². The van der Waals surface area contributed by atoms with E-state index in [1.54, 1.807) is 0 Å². The van der Waals surface area contributed by atoms with Crippen molar-refractivity contribution in [1.29, 1.82) is 0 Å². The predicted molar refractivity (Wildman–Crippen MR) is 59.5 cm³/mol. The van der Waals surface area contributed by atoms with Crippen LogP contribution in [0.15, 0.2) is 12.2 Å². The van der Waals surface area contributed by atoms with Crippen LogP contribution in [-0.2, 0) is 0 Å². The van der Waals surface area contributed by atoms with Gasteiger partial charge in [-0.2, -0.15) is 0 Å². The zero-order chi connectivity index (χ0) is 9.94. The van der Waals surface area contributed by atoms with E-state index in [4.69, 9.17) is 6.42 Å². The van der Waals surface area contributed by atoms with Crippen LogP contribution in [0.5, 0.6) is 0 Å². The van der Waals surface area contributed by atoms with E-state index in [0.29, 0.717) is 0 Å². The van der Waals surface area contributed by atoms with Crippen molar-refractivity contribution in [3.05, 3.63) is 12.2 Å². The first-order valence-corrected chi connectivity index (χ1v) is 5.06. The van der Waals surface area contributed by atoms with Crippen LogP contribution in [-0.4, -0.2) is 13.1 Å². The van der Waals surface area contributed by atoms with Gasteiger partial charge >= 0.3 is 0 Å². The minimum atomic E-state index is 0.741. The van der Waals surface area contributed by atoms with Crippen molar-refractivity contribution >= 4 is 0 Å². The summed E-state index contributed by atoms with van der Waals surface area (Å²) in [5.41, 5.74) is 0. The average Bonchev–Trinajstić information content (AvgIpc) is 2.09. The van der Waals surface area contributed by atoms with Gasteiger partial charge in [0.05, 0.1) is 0 Å². The molecule has 0 radical (unpaired) electrons. The van der Waals surface area contributed by atoms with Gasteiger partial charge in [-0.3, -0.25) is 0 Å². The Morgan fingerprint density at radius 2 is 2.00 bits per heavy atom. The van der Waals surface area contributed by atoms with Gasteiger partial charge in [0.25, 0.3) is 0 Å². The second kappa shape index (κ2) is 9.35. The molecule has 13 heavy (non-hydrogen) atoms. The minimum Gasteiger partial charge on any atom is -0.316 e. The lowest BCUT2D eigenvalue weighted by Crippen LogP contribution is -2.20. The molecule has 0 aromatic rings. The van der Waals surface area contributed by atoms with Gasteiger partial charge in [0.15, 0.2) is 0 Å². The Morgan fingerprint density at radius 1 is 1.31 bits per heavy atom. The first kappa shape index (κ1) is 12.3. The molecule has 0 unspecified atom stereocenters. The highest BCUT2D eigenvalue weighted by Crippen LogP contribution is 1.91. The lowest BCUT2D eigenvalue weighted by atomic mass is 10.2. The first-order valence-electron chi connectivity index (χ1n) is 5.06. The molecule has 1 N–H and O–H groups in total. The van der Waals surface area contributed by atoms with E-state index in [9.17, 15) is 0 Å². The minimum absolute atomic E-state index is 0.741. The molecule has 0 aromatic heterocycles. The summed E-state index contributed by atoms with van der Waals surface area (Å²) in [6.07, 6.45) is 12.5. The van der Waals surface area contributed by atoms with Crippen LogP contribution < -0.4 is 5.32 Å². The quantitative estimate of drug-likeness (QED) is 0.360. The second-order valence-electron chi connectivity index (χ2n) is 3.60. The van der Waals surface area contributed by atoms with Crippen molar-refractivity contribution in [2.75, 3.05) is 13.1 Å². The molecular formula is C12H21N. The SMILES string of the molecule is C#CCCC=CCCNCC(C)C. The lowest BCUT2D eigenvalue weighted by Gasteiger charge is -2.04. The summed E-state index contributed by atoms with van der Waals surface area (Å²) in [7, 11) is 0. The number of hydrogen-bond acceptors (Lipinski definition) is 1. The van der Waals surface area contributed by atoms with E-state index in [-0.39, 0.29) is 0 Å². The lowest BCUT2D eigenvalue weighted by molar-refractivity contribution is 0.556. The number of nitrogens with one attached hydrogen (secondary N) is 1. The van der Waals surface area contributed by atoms with Crippen molar-refractivity contribution < 1.29 is 0 Å². The van der Waals surface area contributed by atoms with Gasteiger partial charge in [0.1, 0.15) is 0 Å². The third-order valence-electron chi connectivity index (χ3n) is 1.66. The molecule has 0 amide bonds. The molecule has 0 aliphatic carbocycles. The Morgan fingerprint density at radius 3 is 2.62 bits per heavy atom. The van der Waals surface area contributed by atoms with Crippen LogP contribution in [0, 0.1) is 18.3 Å². The zero-order valence-corrected chi connectivity index (χ0v) is 8.84.